The first kappa shape index (κ1) is 18.2. The van der Waals surface area contributed by atoms with E-state index in [4.69, 9.17) is 4.42 Å². The Balaban J connectivity index is 1.72. The summed E-state index contributed by atoms with van der Waals surface area (Å²) in [6.45, 7) is 10.0. The fraction of sp³-hybridized carbons (Fsp3) is 0.588. The van der Waals surface area contributed by atoms with Crippen LogP contribution in [-0.4, -0.2) is 52.0 Å². The molecule has 2 N–H and O–H groups in total. The number of hydrogen-bond acceptors (Lipinski definition) is 5. The average molecular weight is 335 g/mol. The lowest BCUT2D eigenvalue weighted by molar-refractivity contribution is -0.150. The maximum absolute atomic E-state index is 11.9. The van der Waals surface area contributed by atoms with Crippen molar-refractivity contribution in [1.82, 2.24) is 15.2 Å². The third-order valence-corrected chi connectivity index (χ3v) is 3.93. The van der Waals surface area contributed by atoms with Gasteiger partial charge in [0, 0.05) is 24.8 Å². The van der Waals surface area contributed by atoms with E-state index in [9.17, 15) is 14.7 Å². The van der Waals surface area contributed by atoms with Crippen molar-refractivity contribution in [2.75, 3.05) is 19.6 Å². The maximum atomic E-state index is 11.9. The molecule has 0 radical (unpaired) electrons. The second-order valence-corrected chi connectivity index (χ2v) is 7.27. The summed E-state index contributed by atoms with van der Waals surface area (Å²) in [5.41, 5.74) is -1.17. The average Bonchev–Trinajstić information content (AvgIpc) is 2.96. The van der Waals surface area contributed by atoms with Crippen molar-refractivity contribution >= 4 is 11.8 Å². The molecule has 2 rings (SSSR count). The SMILES string of the molecule is C=CC(=O)N1CC(O)(CNC(=O)CCc2ncc(C(C)(C)C)o2)C1. The van der Waals surface area contributed by atoms with Crippen molar-refractivity contribution in [2.45, 2.75) is 44.6 Å². The Labute approximate surface area is 141 Å². The normalized spacial score (nSPS) is 16.4. The number of likely N-dealkylation sites (tertiary alicyclic amines) is 1. The van der Waals surface area contributed by atoms with Crippen LogP contribution in [0.2, 0.25) is 0 Å². The van der Waals surface area contributed by atoms with Gasteiger partial charge in [-0.25, -0.2) is 4.98 Å². The highest BCUT2D eigenvalue weighted by molar-refractivity contribution is 5.88. The van der Waals surface area contributed by atoms with Crippen LogP contribution in [0.5, 0.6) is 0 Å². The van der Waals surface area contributed by atoms with Crippen LogP contribution < -0.4 is 5.32 Å². The largest absolute Gasteiger partial charge is 0.445 e. The van der Waals surface area contributed by atoms with Gasteiger partial charge in [-0.15, -0.1) is 0 Å². The molecular weight excluding hydrogens is 310 g/mol. The highest BCUT2D eigenvalue weighted by Crippen LogP contribution is 2.23. The maximum Gasteiger partial charge on any atom is 0.246 e. The number of nitrogens with one attached hydrogen (secondary N) is 1. The zero-order chi connectivity index (χ0) is 18.0. The minimum Gasteiger partial charge on any atom is -0.445 e. The number of aliphatic hydroxyl groups is 1. The van der Waals surface area contributed by atoms with E-state index in [2.05, 4.69) is 16.9 Å². The summed E-state index contributed by atoms with van der Waals surface area (Å²) in [5, 5.41) is 12.9. The van der Waals surface area contributed by atoms with Gasteiger partial charge < -0.3 is 19.7 Å². The van der Waals surface area contributed by atoms with Crippen LogP contribution in [0.3, 0.4) is 0 Å². The zero-order valence-corrected chi connectivity index (χ0v) is 14.5. The molecule has 7 heteroatoms. The van der Waals surface area contributed by atoms with E-state index in [1.807, 2.05) is 20.8 Å². The van der Waals surface area contributed by atoms with Crippen molar-refractivity contribution in [2.24, 2.45) is 0 Å². The minimum atomic E-state index is -1.06. The van der Waals surface area contributed by atoms with Gasteiger partial charge in [0.1, 0.15) is 11.4 Å². The molecule has 0 spiro atoms. The van der Waals surface area contributed by atoms with E-state index in [-0.39, 0.29) is 43.3 Å². The first-order valence-electron chi connectivity index (χ1n) is 7.98. The molecule has 1 aromatic heterocycles. The van der Waals surface area contributed by atoms with E-state index in [0.29, 0.717) is 12.3 Å². The highest BCUT2D eigenvalue weighted by atomic mass is 16.4. The molecule has 0 unspecified atom stereocenters. The molecule has 7 nitrogen and oxygen atoms in total. The van der Waals surface area contributed by atoms with Crippen LogP contribution in [0.1, 0.15) is 38.8 Å². The Hall–Kier alpha value is -2.15. The number of nitrogens with zero attached hydrogens (tertiary/aromatic N) is 2. The van der Waals surface area contributed by atoms with Crippen LogP contribution in [-0.2, 0) is 21.4 Å². The molecule has 1 aromatic rings. The van der Waals surface area contributed by atoms with Gasteiger partial charge in [-0.3, -0.25) is 9.59 Å². The lowest BCUT2D eigenvalue weighted by Crippen LogP contribution is -2.67. The fourth-order valence-electron chi connectivity index (χ4n) is 2.41. The Morgan fingerprint density at radius 2 is 2.17 bits per heavy atom. The summed E-state index contributed by atoms with van der Waals surface area (Å²) in [4.78, 5) is 28.9. The lowest BCUT2D eigenvalue weighted by atomic mass is 9.94. The van der Waals surface area contributed by atoms with Gasteiger partial charge in [0.2, 0.25) is 11.8 Å². The smallest absolute Gasteiger partial charge is 0.246 e. The molecule has 0 aliphatic carbocycles. The first-order chi connectivity index (χ1) is 11.1. The summed E-state index contributed by atoms with van der Waals surface area (Å²) >= 11 is 0. The van der Waals surface area contributed by atoms with Crippen LogP contribution >= 0.6 is 0 Å². The molecular formula is C17H25N3O4. The van der Waals surface area contributed by atoms with Gasteiger partial charge in [-0.1, -0.05) is 27.4 Å². The van der Waals surface area contributed by atoms with Gasteiger partial charge >= 0.3 is 0 Å². The van der Waals surface area contributed by atoms with Gasteiger partial charge in [0.05, 0.1) is 19.3 Å². The molecule has 1 fully saturated rings. The van der Waals surface area contributed by atoms with E-state index in [1.165, 1.54) is 11.0 Å². The third kappa shape index (κ3) is 4.44. The van der Waals surface area contributed by atoms with Crippen LogP contribution in [0.25, 0.3) is 0 Å². The monoisotopic (exact) mass is 335 g/mol. The number of aryl methyl sites for hydroxylation is 1. The van der Waals surface area contributed by atoms with E-state index in [0.717, 1.165) is 5.76 Å². The summed E-state index contributed by atoms with van der Waals surface area (Å²) in [5.74, 6) is 0.908. The van der Waals surface area contributed by atoms with Crippen LogP contribution in [0.4, 0.5) is 0 Å². The van der Waals surface area contributed by atoms with Crippen molar-refractivity contribution in [1.29, 1.82) is 0 Å². The van der Waals surface area contributed by atoms with Gasteiger partial charge in [-0.05, 0) is 6.08 Å². The number of aromatic nitrogens is 1. The number of amides is 2. The number of carbonyl (C=O) groups is 2. The molecule has 0 saturated carbocycles. The second kappa shape index (κ2) is 6.76. The number of carbonyl (C=O) groups excluding carboxylic acids is 2. The predicted molar refractivity (Wildman–Crippen MR) is 88.3 cm³/mol. The predicted octanol–water partition coefficient (Wildman–Crippen LogP) is 0.780. The molecule has 2 heterocycles. The van der Waals surface area contributed by atoms with Crippen LogP contribution in [0, 0.1) is 0 Å². The molecule has 1 saturated heterocycles. The van der Waals surface area contributed by atoms with E-state index >= 15 is 0 Å². The molecule has 24 heavy (non-hydrogen) atoms. The van der Waals surface area contributed by atoms with Gasteiger partial charge in [0.25, 0.3) is 0 Å². The molecule has 0 aromatic carbocycles. The Kier molecular flexibility index (Phi) is 5.13. The molecule has 1 aliphatic heterocycles. The molecule has 132 valence electrons. The van der Waals surface area contributed by atoms with Crippen molar-refractivity contribution in [3.63, 3.8) is 0 Å². The van der Waals surface area contributed by atoms with Crippen LogP contribution in [0.15, 0.2) is 23.3 Å². The van der Waals surface area contributed by atoms with E-state index < -0.39 is 5.60 Å². The summed E-state index contributed by atoms with van der Waals surface area (Å²) in [6, 6.07) is 0. The van der Waals surface area contributed by atoms with Gasteiger partial charge in [-0.2, -0.15) is 0 Å². The Morgan fingerprint density at radius 3 is 2.71 bits per heavy atom. The topological polar surface area (TPSA) is 95.7 Å². The van der Waals surface area contributed by atoms with E-state index in [1.54, 1.807) is 6.20 Å². The Morgan fingerprint density at radius 1 is 1.50 bits per heavy atom. The van der Waals surface area contributed by atoms with Crippen molar-refractivity contribution in [3.05, 3.63) is 30.5 Å². The molecule has 2 amide bonds. The molecule has 0 bridgehead atoms. The van der Waals surface area contributed by atoms with Crippen molar-refractivity contribution < 1.29 is 19.1 Å². The Bertz CT molecular complexity index is 624. The first-order valence-corrected chi connectivity index (χ1v) is 7.98. The summed E-state index contributed by atoms with van der Waals surface area (Å²) in [6.07, 6.45) is 3.53. The fourth-order valence-corrected chi connectivity index (χ4v) is 2.41. The lowest BCUT2D eigenvalue weighted by Gasteiger charge is -2.46. The third-order valence-electron chi connectivity index (χ3n) is 3.93. The van der Waals surface area contributed by atoms with Gasteiger partial charge in [0.15, 0.2) is 5.89 Å². The minimum absolute atomic E-state index is 0.115. The quantitative estimate of drug-likeness (QED) is 0.749. The zero-order valence-electron chi connectivity index (χ0n) is 14.5. The number of oxazole rings is 1. The highest BCUT2D eigenvalue weighted by Gasteiger charge is 2.42. The second-order valence-electron chi connectivity index (χ2n) is 7.27. The summed E-state index contributed by atoms with van der Waals surface area (Å²) < 4.78 is 5.63. The molecule has 1 aliphatic rings. The number of rotatable bonds is 6. The summed E-state index contributed by atoms with van der Waals surface area (Å²) in [7, 11) is 0. The number of hydrogen-bond donors (Lipinski definition) is 2. The standard InChI is InChI=1S/C17H25N3O4/c1-5-15(22)20-10-17(23,11-20)9-19-13(21)6-7-14-18-8-12(24-14)16(2,3)4/h5,8,23H,1,6-7,9-11H2,2-4H3,(H,19,21). The molecule has 0 atom stereocenters. The van der Waals surface area contributed by atoms with Crippen molar-refractivity contribution in [3.8, 4) is 0 Å². The number of β-amino-alcohol motifs (C(OH)–C–C–N with tert-alkyl or cyclic N) is 1.